The summed E-state index contributed by atoms with van der Waals surface area (Å²) in [6.45, 7) is 3.27. The first-order valence-electron chi connectivity index (χ1n) is 12.4. The topological polar surface area (TPSA) is 70.8 Å². The van der Waals surface area contributed by atoms with Crippen LogP contribution in [0.25, 0.3) is 5.69 Å². The summed E-state index contributed by atoms with van der Waals surface area (Å²) < 4.78 is 30.6. The molecule has 178 valence electrons. The SMILES string of the molecule is Cc1nn(-c2ccccc2)c2c1C1(CCCCC1)N1C=C(S(=O)(=O)N3CCCCC3)C=CC1=N2. The number of allylic oxidation sites excluding steroid dienone is 1. The Kier molecular flexibility index (Phi) is 5.26. The largest absolute Gasteiger partial charge is 0.321 e. The molecule has 34 heavy (non-hydrogen) atoms. The van der Waals surface area contributed by atoms with E-state index in [1.807, 2.05) is 47.3 Å². The molecule has 2 aromatic rings. The summed E-state index contributed by atoms with van der Waals surface area (Å²) in [5.74, 6) is 1.67. The Morgan fingerprint density at radius 3 is 2.35 bits per heavy atom. The summed E-state index contributed by atoms with van der Waals surface area (Å²) in [7, 11) is -3.53. The van der Waals surface area contributed by atoms with Gasteiger partial charge in [0.2, 0.25) is 10.0 Å². The number of sulfonamides is 1. The summed E-state index contributed by atoms with van der Waals surface area (Å²) >= 11 is 0. The molecule has 8 heteroatoms. The van der Waals surface area contributed by atoms with E-state index in [0.29, 0.717) is 18.0 Å². The van der Waals surface area contributed by atoms with Crippen molar-refractivity contribution >= 4 is 21.7 Å². The average molecular weight is 478 g/mol. The van der Waals surface area contributed by atoms with Crippen molar-refractivity contribution in [2.75, 3.05) is 13.1 Å². The fraction of sp³-hybridized carbons (Fsp3) is 0.462. The van der Waals surface area contributed by atoms with Gasteiger partial charge in [-0.05, 0) is 56.9 Å². The van der Waals surface area contributed by atoms with Crippen LogP contribution in [0.3, 0.4) is 0 Å². The molecule has 0 radical (unpaired) electrons. The van der Waals surface area contributed by atoms with Crippen LogP contribution in [0.5, 0.6) is 0 Å². The maximum absolute atomic E-state index is 13.5. The second kappa shape index (κ2) is 8.20. The van der Waals surface area contributed by atoms with Crippen molar-refractivity contribution in [3.63, 3.8) is 0 Å². The Morgan fingerprint density at radius 2 is 1.62 bits per heavy atom. The fourth-order valence-corrected chi connectivity index (χ4v) is 7.60. The van der Waals surface area contributed by atoms with E-state index in [4.69, 9.17) is 10.1 Å². The van der Waals surface area contributed by atoms with Crippen LogP contribution < -0.4 is 0 Å². The Hall–Kier alpha value is -2.71. The maximum Gasteiger partial charge on any atom is 0.244 e. The molecule has 1 aromatic heterocycles. The minimum Gasteiger partial charge on any atom is -0.321 e. The summed E-state index contributed by atoms with van der Waals surface area (Å²) in [4.78, 5) is 7.58. The molecule has 4 aliphatic rings. The van der Waals surface area contributed by atoms with Crippen LogP contribution in [-0.2, 0) is 15.6 Å². The molecule has 0 N–H and O–H groups in total. The first kappa shape index (κ1) is 21.8. The number of benzene rings is 1. The van der Waals surface area contributed by atoms with Crippen LogP contribution in [0.15, 0.2) is 58.6 Å². The van der Waals surface area contributed by atoms with Crippen molar-refractivity contribution < 1.29 is 8.42 Å². The van der Waals surface area contributed by atoms with Gasteiger partial charge in [-0.2, -0.15) is 9.40 Å². The molecule has 0 bridgehead atoms. The number of piperidine rings is 1. The second-order valence-electron chi connectivity index (χ2n) is 9.79. The molecule has 0 amide bonds. The van der Waals surface area contributed by atoms with Gasteiger partial charge >= 0.3 is 0 Å². The Labute approximate surface area is 201 Å². The van der Waals surface area contributed by atoms with Crippen molar-refractivity contribution in [3.05, 3.63) is 64.8 Å². The Bertz CT molecular complexity index is 1290. The molecule has 1 aliphatic carbocycles. The van der Waals surface area contributed by atoms with Gasteiger partial charge in [-0.25, -0.2) is 18.1 Å². The molecule has 2 fully saturated rings. The number of hydrogen-bond donors (Lipinski definition) is 0. The number of fused-ring (bicyclic) bond motifs is 4. The van der Waals surface area contributed by atoms with Crippen LogP contribution in [0, 0.1) is 6.92 Å². The predicted molar refractivity (Wildman–Crippen MR) is 134 cm³/mol. The van der Waals surface area contributed by atoms with E-state index >= 15 is 0 Å². The molecule has 1 saturated heterocycles. The normalized spacial score (nSPS) is 22.2. The van der Waals surface area contributed by atoms with Crippen LogP contribution in [-0.4, -0.2) is 46.3 Å². The molecule has 3 aliphatic heterocycles. The smallest absolute Gasteiger partial charge is 0.244 e. The summed E-state index contributed by atoms with van der Waals surface area (Å²) in [5, 5.41) is 4.92. The predicted octanol–water partition coefficient (Wildman–Crippen LogP) is 4.91. The number of aliphatic imine (C=N–C) groups is 1. The number of para-hydroxylation sites is 1. The number of aromatic nitrogens is 2. The second-order valence-corrected chi connectivity index (χ2v) is 11.7. The first-order chi connectivity index (χ1) is 16.5. The third kappa shape index (κ3) is 3.30. The van der Waals surface area contributed by atoms with Gasteiger partial charge in [0.05, 0.1) is 21.8 Å². The minimum atomic E-state index is -3.53. The Balaban J connectivity index is 1.49. The fourth-order valence-electron chi connectivity index (χ4n) is 6.08. The molecule has 6 rings (SSSR count). The van der Waals surface area contributed by atoms with Crippen molar-refractivity contribution in [3.8, 4) is 5.69 Å². The first-order valence-corrected chi connectivity index (χ1v) is 13.9. The minimum absolute atomic E-state index is 0.324. The molecule has 1 spiro atoms. The number of amidine groups is 1. The van der Waals surface area contributed by atoms with E-state index in [2.05, 4.69) is 11.8 Å². The Morgan fingerprint density at radius 1 is 0.912 bits per heavy atom. The zero-order chi connectivity index (χ0) is 23.3. The lowest BCUT2D eigenvalue weighted by atomic mass is 9.74. The highest BCUT2D eigenvalue weighted by Crippen LogP contribution is 2.51. The number of nitrogens with zero attached hydrogens (tertiary/aromatic N) is 5. The molecule has 4 heterocycles. The summed E-state index contributed by atoms with van der Waals surface area (Å²) in [6, 6.07) is 10.1. The molecule has 1 aromatic carbocycles. The molecular weight excluding hydrogens is 446 g/mol. The highest BCUT2D eigenvalue weighted by atomic mass is 32.2. The molecule has 1 saturated carbocycles. The van der Waals surface area contributed by atoms with Crippen molar-refractivity contribution in [2.45, 2.75) is 63.8 Å². The third-order valence-corrected chi connectivity index (χ3v) is 9.60. The van der Waals surface area contributed by atoms with Gasteiger partial charge in [0, 0.05) is 24.9 Å². The number of hydrogen-bond acceptors (Lipinski definition) is 5. The third-order valence-electron chi connectivity index (χ3n) is 7.72. The van der Waals surface area contributed by atoms with Gasteiger partial charge in [-0.15, -0.1) is 0 Å². The van der Waals surface area contributed by atoms with Gasteiger partial charge in [0.15, 0.2) is 5.82 Å². The van der Waals surface area contributed by atoms with Crippen LogP contribution in [0.1, 0.15) is 62.6 Å². The quantitative estimate of drug-likeness (QED) is 0.630. The summed E-state index contributed by atoms with van der Waals surface area (Å²) in [5.41, 5.74) is 2.77. The lowest BCUT2D eigenvalue weighted by molar-refractivity contribution is 0.154. The van der Waals surface area contributed by atoms with E-state index < -0.39 is 10.0 Å². The number of aryl methyl sites for hydroxylation is 1. The molecular formula is C26H31N5O2S. The lowest BCUT2D eigenvalue weighted by Gasteiger charge is -2.49. The van der Waals surface area contributed by atoms with Crippen molar-refractivity contribution in [2.24, 2.45) is 4.99 Å². The molecule has 0 atom stereocenters. The van der Waals surface area contributed by atoms with E-state index in [1.54, 1.807) is 10.4 Å². The standard InChI is InChI=1S/C26H31N5O2S/c1-20-24-25(31(28-20)21-11-5-2-6-12-21)27-23-14-13-22(34(32,33)29-17-9-4-10-18-29)19-30(23)26(24)15-7-3-8-16-26/h2,5-6,11-14,19H,3-4,7-10,15-18H2,1H3. The zero-order valence-electron chi connectivity index (χ0n) is 19.7. The van der Waals surface area contributed by atoms with Crippen molar-refractivity contribution in [1.82, 2.24) is 19.0 Å². The highest BCUT2D eigenvalue weighted by molar-refractivity contribution is 7.93. The van der Waals surface area contributed by atoms with E-state index in [-0.39, 0.29) is 5.54 Å². The van der Waals surface area contributed by atoms with Crippen LogP contribution >= 0.6 is 0 Å². The van der Waals surface area contributed by atoms with Gasteiger partial charge in [0.25, 0.3) is 0 Å². The molecule has 7 nitrogen and oxygen atoms in total. The van der Waals surface area contributed by atoms with Gasteiger partial charge in [-0.3, -0.25) is 0 Å². The van der Waals surface area contributed by atoms with Gasteiger partial charge in [-0.1, -0.05) is 43.9 Å². The lowest BCUT2D eigenvalue weighted by Crippen LogP contribution is -2.50. The van der Waals surface area contributed by atoms with Gasteiger partial charge in [0.1, 0.15) is 5.84 Å². The van der Waals surface area contributed by atoms with E-state index in [1.165, 1.54) is 6.42 Å². The van der Waals surface area contributed by atoms with Gasteiger partial charge < -0.3 is 4.90 Å². The number of rotatable bonds is 3. The van der Waals surface area contributed by atoms with Crippen molar-refractivity contribution in [1.29, 1.82) is 0 Å². The monoisotopic (exact) mass is 477 g/mol. The summed E-state index contributed by atoms with van der Waals surface area (Å²) in [6.07, 6.45) is 13.7. The zero-order valence-corrected chi connectivity index (χ0v) is 20.5. The van der Waals surface area contributed by atoms with Crippen LogP contribution in [0.4, 0.5) is 5.82 Å². The van der Waals surface area contributed by atoms with Crippen LogP contribution in [0.2, 0.25) is 0 Å². The highest BCUT2D eigenvalue weighted by Gasteiger charge is 2.48. The van der Waals surface area contributed by atoms with E-state index in [9.17, 15) is 8.42 Å². The van der Waals surface area contributed by atoms with E-state index in [0.717, 1.165) is 73.5 Å². The maximum atomic E-state index is 13.5. The average Bonchev–Trinajstić information content (AvgIpc) is 3.22. The molecule has 0 unspecified atom stereocenters.